The molecule has 1 amide bonds. The van der Waals surface area contributed by atoms with Gasteiger partial charge in [-0.3, -0.25) is 9.69 Å². The highest BCUT2D eigenvalue weighted by atomic mass is 16.6. The Kier molecular flexibility index (Phi) is 4.42. The number of hydrogen-bond acceptors (Lipinski definition) is 4. The number of rotatable bonds is 4. The lowest BCUT2D eigenvalue weighted by molar-refractivity contribution is -0.147. The molecule has 1 heterocycles. The summed E-state index contributed by atoms with van der Waals surface area (Å²) in [6, 6.07) is 0.368. The molecule has 0 aromatic carbocycles. The van der Waals surface area contributed by atoms with Crippen molar-refractivity contribution in [2.45, 2.75) is 18.9 Å². The minimum absolute atomic E-state index is 0.180. The molecule has 0 aromatic heterocycles. The van der Waals surface area contributed by atoms with E-state index in [1.54, 1.807) is 11.0 Å². The number of amides is 1. The average Bonchev–Trinajstić information content (AvgIpc) is 2.34. The first-order chi connectivity index (χ1) is 9.11. The van der Waals surface area contributed by atoms with E-state index < -0.39 is 5.97 Å². The van der Waals surface area contributed by atoms with Crippen molar-refractivity contribution in [2.24, 2.45) is 5.92 Å². The predicted octanol–water partition coefficient (Wildman–Crippen LogP) is 0.790. The second-order valence-electron chi connectivity index (χ2n) is 5.05. The first-order valence-corrected chi connectivity index (χ1v) is 6.61. The minimum Gasteiger partial charge on any atom is -0.481 e. The van der Waals surface area contributed by atoms with Crippen LogP contribution in [0.5, 0.6) is 0 Å². The summed E-state index contributed by atoms with van der Waals surface area (Å²) in [7, 11) is 0. The van der Waals surface area contributed by atoms with Crippen molar-refractivity contribution in [1.29, 1.82) is 0 Å². The highest BCUT2D eigenvalue weighted by Crippen LogP contribution is 2.32. The molecule has 0 bridgehead atoms. The summed E-state index contributed by atoms with van der Waals surface area (Å²) in [4.78, 5) is 26.3. The number of nitrogens with zero attached hydrogens (tertiary/aromatic N) is 2. The van der Waals surface area contributed by atoms with Gasteiger partial charge in [0.2, 0.25) is 0 Å². The maximum atomic E-state index is 11.6. The lowest BCUT2D eigenvalue weighted by atomic mass is 9.79. The van der Waals surface area contributed by atoms with Crippen LogP contribution in [-0.2, 0) is 9.53 Å². The number of aliphatic carboxylic acids is 1. The maximum absolute atomic E-state index is 11.6. The molecule has 0 spiro atoms. The maximum Gasteiger partial charge on any atom is 0.410 e. The van der Waals surface area contributed by atoms with Gasteiger partial charge in [0.1, 0.15) is 6.61 Å². The molecule has 106 valence electrons. The van der Waals surface area contributed by atoms with Crippen LogP contribution in [0.1, 0.15) is 12.8 Å². The van der Waals surface area contributed by atoms with Gasteiger partial charge in [0.25, 0.3) is 0 Å². The van der Waals surface area contributed by atoms with Gasteiger partial charge in [0.05, 0.1) is 5.92 Å². The number of carbonyl (C=O) groups excluding carboxylic acids is 1. The number of carbonyl (C=O) groups is 2. The summed E-state index contributed by atoms with van der Waals surface area (Å²) in [5, 5.41) is 8.85. The number of ether oxygens (including phenoxy) is 1. The van der Waals surface area contributed by atoms with Gasteiger partial charge >= 0.3 is 12.1 Å². The van der Waals surface area contributed by atoms with E-state index in [1.807, 2.05) is 0 Å². The van der Waals surface area contributed by atoms with Crippen LogP contribution in [0.2, 0.25) is 0 Å². The topological polar surface area (TPSA) is 70.1 Å². The van der Waals surface area contributed by atoms with Crippen molar-refractivity contribution in [1.82, 2.24) is 9.80 Å². The SMILES string of the molecule is C=CCOC(=O)N1CCN(C2CC(C(=O)O)C2)CC1. The molecule has 2 rings (SSSR count). The van der Waals surface area contributed by atoms with E-state index in [0.29, 0.717) is 19.1 Å². The lowest BCUT2D eigenvalue weighted by Gasteiger charge is -2.44. The normalized spacial score (nSPS) is 27.5. The van der Waals surface area contributed by atoms with E-state index in [-0.39, 0.29) is 18.6 Å². The van der Waals surface area contributed by atoms with E-state index in [2.05, 4.69) is 11.5 Å². The zero-order valence-electron chi connectivity index (χ0n) is 11.0. The van der Waals surface area contributed by atoms with Crippen LogP contribution in [-0.4, -0.2) is 65.8 Å². The molecule has 0 aromatic rings. The van der Waals surface area contributed by atoms with E-state index in [1.165, 1.54) is 0 Å². The van der Waals surface area contributed by atoms with Crippen molar-refractivity contribution in [3.05, 3.63) is 12.7 Å². The Labute approximate surface area is 112 Å². The third-order valence-corrected chi connectivity index (χ3v) is 3.88. The molecule has 1 aliphatic heterocycles. The Morgan fingerprint density at radius 1 is 1.26 bits per heavy atom. The van der Waals surface area contributed by atoms with Crippen molar-refractivity contribution in [2.75, 3.05) is 32.8 Å². The molecule has 1 aliphatic carbocycles. The van der Waals surface area contributed by atoms with Crippen LogP contribution in [0.25, 0.3) is 0 Å². The Bertz CT molecular complexity index is 358. The van der Waals surface area contributed by atoms with Gasteiger partial charge in [-0.25, -0.2) is 4.79 Å². The smallest absolute Gasteiger partial charge is 0.410 e. The Hall–Kier alpha value is -1.56. The molecule has 1 N–H and O–H groups in total. The Morgan fingerprint density at radius 2 is 1.89 bits per heavy atom. The molecule has 1 saturated carbocycles. The largest absolute Gasteiger partial charge is 0.481 e. The molecular formula is C13H20N2O4. The third-order valence-electron chi connectivity index (χ3n) is 3.88. The molecule has 2 aliphatic rings. The quantitative estimate of drug-likeness (QED) is 0.763. The van der Waals surface area contributed by atoms with Gasteiger partial charge in [0.15, 0.2) is 0 Å². The average molecular weight is 268 g/mol. The van der Waals surface area contributed by atoms with Crippen molar-refractivity contribution in [3.63, 3.8) is 0 Å². The predicted molar refractivity (Wildman–Crippen MR) is 68.8 cm³/mol. The highest BCUT2D eigenvalue weighted by molar-refractivity contribution is 5.71. The number of carboxylic acid groups (broad SMARTS) is 1. The summed E-state index contributed by atoms with van der Waals surface area (Å²) in [6.45, 7) is 6.61. The molecule has 19 heavy (non-hydrogen) atoms. The van der Waals surface area contributed by atoms with Gasteiger partial charge in [0, 0.05) is 32.2 Å². The fourth-order valence-corrected chi connectivity index (χ4v) is 2.58. The molecule has 0 atom stereocenters. The van der Waals surface area contributed by atoms with Crippen LogP contribution in [0.15, 0.2) is 12.7 Å². The summed E-state index contributed by atoms with van der Waals surface area (Å²) >= 11 is 0. The molecule has 2 fully saturated rings. The number of hydrogen-bond donors (Lipinski definition) is 1. The van der Waals surface area contributed by atoms with Gasteiger partial charge < -0.3 is 14.7 Å². The minimum atomic E-state index is -0.692. The summed E-state index contributed by atoms with van der Waals surface area (Å²) in [5.74, 6) is -0.872. The van der Waals surface area contributed by atoms with Gasteiger partial charge in [-0.05, 0) is 12.8 Å². The fraction of sp³-hybridized carbons (Fsp3) is 0.692. The summed E-state index contributed by atoms with van der Waals surface area (Å²) < 4.78 is 4.99. The van der Waals surface area contributed by atoms with Crippen LogP contribution in [0.3, 0.4) is 0 Å². The first kappa shape index (κ1) is 13.9. The zero-order valence-corrected chi connectivity index (χ0v) is 11.0. The molecule has 6 nitrogen and oxygen atoms in total. The summed E-state index contributed by atoms with van der Waals surface area (Å²) in [6.07, 6.45) is 2.72. The Morgan fingerprint density at radius 3 is 2.42 bits per heavy atom. The lowest BCUT2D eigenvalue weighted by Crippen LogP contribution is -2.56. The molecule has 0 unspecified atom stereocenters. The standard InChI is InChI=1S/C13H20N2O4/c1-2-7-19-13(18)15-5-3-14(4-6-15)11-8-10(9-11)12(16)17/h2,10-11H,1,3-9H2,(H,16,17). The monoisotopic (exact) mass is 268 g/mol. The van der Waals surface area contributed by atoms with Gasteiger partial charge in [-0.1, -0.05) is 12.7 Å². The first-order valence-electron chi connectivity index (χ1n) is 6.61. The van der Waals surface area contributed by atoms with Crippen LogP contribution in [0.4, 0.5) is 4.79 Å². The van der Waals surface area contributed by atoms with Crippen LogP contribution >= 0.6 is 0 Å². The van der Waals surface area contributed by atoms with E-state index in [0.717, 1.165) is 25.9 Å². The van der Waals surface area contributed by atoms with Gasteiger partial charge in [-0.15, -0.1) is 0 Å². The van der Waals surface area contributed by atoms with Crippen LogP contribution in [0, 0.1) is 5.92 Å². The number of piperazine rings is 1. The number of carboxylic acids is 1. The van der Waals surface area contributed by atoms with Crippen molar-refractivity contribution in [3.8, 4) is 0 Å². The molecular weight excluding hydrogens is 248 g/mol. The fourth-order valence-electron chi connectivity index (χ4n) is 2.58. The van der Waals surface area contributed by atoms with Crippen molar-refractivity contribution < 1.29 is 19.4 Å². The van der Waals surface area contributed by atoms with E-state index in [9.17, 15) is 9.59 Å². The molecule has 6 heteroatoms. The summed E-state index contributed by atoms with van der Waals surface area (Å²) in [5.41, 5.74) is 0. The molecule has 0 radical (unpaired) electrons. The molecule has 1 saturated heterocycles. The van der Waals surface area contributed by atoms with Crippen LogP contribution < -0.4 is 0 Å². The van der Waals surface area contributed by atoms with E-state index >= 15 is 0 Å². The van der Waals surface area contributed by atoms with E-state index in [4.69, 9.17) is 9.84 Å². The zero-order chi connectivity index (χ0) is 13.8. The van der Waals surface area contributed by atoms with Crippen molar-refractivity contribution >= 4 is 12.1 Å². The second-order valence-corrected chi connectivity index (χ2v) is 5.05. The second kappa shape index (κ2) is 6.06. The van der Waals surface area contributed by atoms with Gasteiger partial charge in [-0.2, -0.15) is 0 Å². The third kappa shape index (κ3) is 3.26. The Balaban J connectivity index is 1.70. The highest BCUT2D eigenvalue weighted by Gasteiger charge is 2.39.